The SMILES string of the molecule is C/C=C(\C)[C@H]1C/C=C(\CC)CC/C=C(/C)CC1. The van der Waals surface area contributed by atoms with Gasteiger partial charge in [0.05, 0.1) is 0 Å². The van der Waals surface area contributed by atoms with Gasteiger partial charge in [-0.15, -0.1) is 0 Å². The highest BCUT2D eigenvalue weighted by molar-refractivity contribution is 5.12. The molecule has 1 rings (SSSR count). The summed E-state index contributed by atoms with van der Waals surface area (Å²) in [6.07, 6.45) is 14.8. The fraction of sp³-hybridized carbons (Fsp3) is 0.647. The van der Waals surface area contributed by atoms with Gasteiger partial charge in [0.15, 0.2) is 0 Å². The quantitative estimate of drug-likeness (QED) is 0.527. The molecule has 0 aliphatic heterocycles. The fourth-order valence-corrected chi connectivity index (χ4v) is 2.51. The number of allylic oxidation sites excluding steroid dienone is 6. The highest BCUT2D eigenvalue weighted by Gasteiger charge is 2.10. The molecule has 0 unspecified atom stereocenters. The third kappa shape index (κ3) is 4.93. The van der Waals surface area contributed by atoms with E-state index in [9.17, 15) is 0 Å². The fourth-order valence-electron chi connectivity index (χ4n) is 2.51. The summed E-state index contributed by atoms with van der Waals surface area (Å²) in [6, 6.07) is 0. The Morgan fingerprint density at radius 3 is 2.76 bits per heavy atom. The van der Waals surface area contributed by atoms with Crippen LogP contribution in [0.1, 0.15) is 66.2 Å². The van der Waals surface area contributed by atoms with E-state index < -0.39 is 0 Å². The zero-order valence-electron chi connectivity index (χ0n) is 12.1. The van der Waals surface area contributed by atoms with Crippen molar-refractivity contribution in [2.75, 3.05) is 0 Å². The van der Waals surface area contributed by atoms with Crippen LogP contribution in [0, 0.1) is 5.92 Å². The molecule has 0 nitrogen and oxygen atoms in total. The van der Waals surface area contributed by atoms with Gasteiger partial charge in [0.1, 0.15) is 0 Å². The molecule has 17 heavy (non-hydrogen) atoms. The van der Waals surface area contributed by atoms with E-state index in [4.69, 9.17) is 0 Å². The van der Waals surface area contributed by atoms with E-state index in [0.29, 0.717) is 0 Å². The Morgan fingerprint density at radius 1 is 1.35 bits per heavy atom. The summed E-state index contributed by atoms with van der Waals surface area (Å²) < 4.78 is 0. The van der Waals surface area contributed by atoms with E-state index in [1.54, 1.807) is 16.7 Å². The first-order valence-corrected chi connectivity index (χ1v) is 7.13. The van der Waals surface area contributed by atoms with Gasteiger partial charge in [-0.05, 0) is 65.2 Å². The molecule has 1 aliphatic rings. The monoisotopic (exact) mass is 232 g/mol. The van der Waals surface area contributed by atoms with Gasteiger partial charge in [0.2, 0.25) is 0 Å². The summed E-state index contributed by atoms with van der Waals surface area (Å²) in [5.41, 5.74) is 4.78. The minimum Gasteiger partial charge on any atom is -0.0884 e. The van der Waals surface area contributed by atoms with E-state index in [0.717, 1.165) is 5.92 Å². The summed E-state index contributed by atoms with van der Waals surface area (Å²) in [7, 11) is 0. The molecule has 0 aromatic carbocycles. The van der Waals surface area contributed by atoms with Crippen LogP contribution in [0.2, 0.25) is 0 Å². The van der Waals surface area contributed by atoms with Crippen molar-refractivity contribution in [3.63, 3.8) is 0 Å². The van der Waals surface area contributed by atoms with Gasteiger partial charge in [-0.3, -0.25) is 0 Å². The topological polar surface area (TPSA) is 0 Å². The molecule has 0 saturated heterocycles. The molecular formula is C17H28. The van der Waals surface area contributed by atoms with Gasteiger partial charge >= 0.3 is 0 Å². The second-order valence-electron chi connectivity index (χ2n) is 5.31. The summed E-state index contributed by atoms with van der Waals surface area (Å²) in [5, 5.41) is 0. The molecule has 0 bridgehead atoms. The maximum Gasteiger partial charge on any atom is -0.0168 e. The van der Waals surface area contributed by atoms with Crippen molar-refractivity contribution < 1.29 is 0 Å². The smallest absolute Gasteiger partial charge is 0.0168 e. The maximum absolute atomic E-state index is 2.51. The Bertz CT molecular complexity index is 315. The average Bonchev–Trinajstić information content (AvgIpc) is 2.35. The molecule has 0 heterocycles. The molecule has 0 heteroatoms. The molecule has 1 atom stereocenters. The molecule has 0 fully saturated rings. The normalized spacial score (nSPS) is 30.1. The van der Waals surface area contributed by atoms with Gasteiger partial charge in [0.25, 0.3) is 0 Å². The Morgan fingerprint density at radius 2 is 2.12 bits per heavy atom. The molecule has 0 saturated carbocycles. The standard InChI is InChI=1S/C17H28/c1-5-15(4)17-12-10-14(3)8-7-9-16(6-2)11-13-17/h5,8,11,17H,6-7,9-10,12-13H2,1-4H3/b14-8-,15-5+,16-11+/t17-/m1/s1. The lowest BCUT2D eigenvalue weighted by molar-refractivity contribution is 0.558. The van der Waals surface area contributed by atoms with E-state index >= 15 is 0 Å². The van der Waals surface area contributed by atoms with Crippen molar-refractivity contribution >= 4 is 0 Å². The lowest BCUT2D eigenvalue weighted by Crippen LogP contribution is -2.03. The molecule has 1 aliphatic carbocycles. The number of hydrogen-bond acceptors (Lipinski definition) is 0. The van der Waals surface area contributed by atoms with Crippen molar-refractivity contribution in [2.24, 2.45) is 5.92 Å². The van der Waals surface area contributed by atoms with Gasteiger partial charge in [0, 0.05) is 0 Å². The molecular weight excluding hydrogens is 204 g/mol. The van der Waals surface area contributed by atoms with E-state index in [1.807, 2.05) is 0 Å². The van der Waals surface area contributed by atoms with Gasteiger partial charge < -0.3 is 0 Å². The van der Waals surface area contributed by atoms with Gasteiger partial charge in [-0.1, -0.05) is 41.9 Å². The Balaban J connectivity index is 2.79. The summed E-state index contributed by atoms with van der Waals surface area (Å²) in [4.78, 5) is 0. The first-order chi connectivity index (χ1) is 8.17. The van der Waals surface area contributed by atoms with E-state index in [1.165, 1.54) is 38.5 Å². The second-order valence-corrected chi connectivity index (χ2v) is 5.31. The van der Waals surface area contributed by atoms with E-state index in [2.05, 4.69) is 45.9 Å². The predicted molar refractivity (Wildman–Crippen MR) is 78.1 cm³/mol. The predicted octanol–water partition coefficient (Wildman–Crippen LogP) is 5.82. The maximum atomic E-state index is 2.51. The van der Waals surface area contributed by atoms with Crippen molar-refractivity contribution in [3.05, 3.63) is 34.9 Å². The van der Waals surface area contributed by atoms with Crippen molar-refractivity contribution in [1.29, 1.82) is 0 Å². The van der Waals surface area contributed by atoms with Crippen molar-refractivity contribution in [2.45, 2.75) is 66.2 Å². The minimum atomic E-state index is 0.753. The zero-order valence-corrected chi connectivity index (χ0v) is 12.1. The highest BCUT2D eigenvalue weighted by Crippen LogP contribution is 2.26. The number of hydrogen-bond donors (Lipinski definition) is 0. The minimum absolute atomic E-state index is 0.753. The van der Waals surface area contributed by atoms with Crippen LogP contribution in [0.25, 0.3) is 0 Å². The van der Waals surface area contributed by atoms with Crippen LogP contribution in [0.5, 0.6) is 0 Å². The second kappa shape index (κ2) is 7.53. The lowest BCUT2D eigenvalue weighted by Gasteiger charge is -2.18. The highest BCUT2D eigenvalue weighted by atomic mass is 14.2. The third-order valence-electron chi connectivity index (χ3n) is 4.09. The van der Waals surface area contributed by atoms with E-state index in [-0.39, 0.29) is 0 Å². The largest absolute Gasteiger partial charge is 0.0884 e. The van der Waals surface area contributed by atoms with Crippen molar-refractivity contribution in [3.8, 4) is 0 Å². The van der Waals surface area contributed by atoms with Gasteiger partial charge in [-0.25, -0.2) is 0 Å². The Kier molecular flexibility index (Phi) is 6.32. The van der Waals surface area contributed by atoms with Crippen LogP contribution in [-0.4, -0.2) is 0 Å². The lowest BCUT2D eigenvalue weighted by atomic mass is 9.87. The summed E-state index contributed by atoms with van der Waals surface area (Å²) >= 11 is 0. The third-order valence-corrected chi connectivity index (χ3v) is 4.09. The molecule has 0 radical (unpaired) electrons. The molecule has 0 amide bonds. The average molecular weight is 232 g/mol. The molecule has 0 spiro atoms. The number of rotatable bonds is 2. The zero-order chi connectivity index (χ0) is 12.7. The van der Waals surface area contributed by atoms with Crippen LogP contribution in [0.3, 0.4) is 0 Å². The first kappa shape index (κ1) is 14.3. The summed E-state index contributed by atoms with van der Waals surface area (Å²) in [5.74, 6) is 0.753. The Hall–Kier alpha value is -0.780. The van der Waals surface area contributed by atoms with Crippen LogP contribution < -0.4 is 0 Å². The summed E-state index contributed by atoms with van der Waals surface area (Å²) in [6.45, 7) is 9.03. The molecule has 0 N–H and O–H groups in total. The van der Waals surface area contributed by atoms with Crippen molar-refractivity contribution in [1.82, 2.24) is 0 Å². The van der Waals surface area contributed by atoms with Crippen LogP contribution in [-0.2, 0) is 0 Å². The van der Waals surface area contributed by atoms with Crippen LogP contribution in [0.4, 0.5) is 0 Å². The molecule has 96 valence electrons. The molecule has 0 aromatic heterocycles. The van der Waals surface area contributed by atoms with Crippen LogP contribution in [0.15, 0.2) is 34.9 Å². The van der Waals surface area contributed by atoms with Crippen LogP contribution >= 0.6 is 0 Å². The molecule has 0 aromatic rings. The first-order valence-electron chi connectivity index (χ1n) is 7.13. The van der Waals surface area contributed by atoms with Gasteiger partial charge in [-0.2, -0.15) is 0 Å². The Labute approximate surface area is 108 Å².